The van der Waals surface area contributed by atoms with Gasteiger partial charge >= 0.3 is 5.97 Å². The lowest BCUT2D eigenvalue weighted by Crippen LogP contribution is -2.22. The molecule has 0 radical (unpaired) electrons. The van der Waals surface area contributed by atoms with Crippen LogP contribution < -0.4 is 0 Å². The second kappa shape index (κ2) is 3.51. The Balaban J connectivity index is 2.62. The number of hydrogen-bond acceptors (Lipinski definition) is 4. The van der Waals surface area contributed by atoms with Crippen molar-refractivity contribution in [3.8, 4) is 0 Å². The Morgan fingerprint density at radius 3 is 2.73 bits per heavy atom. The number of nitrogens with zero attached hydrogens (tertiary/aromatic N) is 1. The van der Waals surface area contributed by atoms with Gasteiger partial charge in [0.25, 0.3) is 0 Å². The molecule has 0 bridgehead atoms. The number of likely N-dealkylation sites (N-methyl/N-ethyl adjacent to an activating group) is 1. The first-order chi connectivity index (χ1) is 7.11. The summed E-state index contributed by atoms with van der Waals surface area (Å²) < 4.78 is 1.44. The molecule has 1 aliphatic heterocycles. The Labute approximate surface area is 91.0 Å². The minimum Gasteiger partial charge on any atom is -0.505 e. The standard InChI is InChI=1S/C10H9NO3S/c1-11-8(10(13)14)9(12)6-4-2-3-5-7(6)15-11/h2-5,12H,1H3,(H,13,14). The molecule has 2 N–H and O–H groups in total. The van der Waals surface area contributed by atoms with Crippen molar-refractivity contribution in [1.29, 1.82) is 0 Å². The lowest BCUT2D eigenvalue weighted by molar-refractivity contribution is -0.133. The van der Waals surface area contributed by atoms with Crippen LogP contribution in [0.5, 0.6) is 0 Å². The zero-order valence-electron chi connectivity index (χ0n) is 7.97. The highest BCUT2D eigenvalue weighted by Gasteiger charge is 2.27. The van der Waals surface area contributed by atoms with Gasteiger partial charge in [0.1, 0.15) is 0 Å². The van der Waals surface area contributed by atoms with Gasteiger partial charge in [0.05, 0.1) is 0 Å². The molecule has 0 aliphatic carbocycles. The molecule has 15 heavy (non-hydrogen) atoms. The fourth-order valence-electron chi connectivity index (χ4n) is 1.45. The fraction of sp³-hybridized carbons (Fsp3) is 0.100. The fourth-order valence-corrected chi connectivity index (χ4v) is 2.40. The number of aliphatic hydroxyl groups is 1. The highest BCUT2D eigenvalue weighted by molar-refractivity contribution is 7.97. The third-order valence-corrected chi connectivity index (χ3v) is 3.13. The minimum atomic E-state index is -1.13. The van der Waals surface area contributed by atoms with Crippen LogP contribution in [0.25, 0.3) is 5.76 Å². The molecule has 78 valence electrons. The normalized spacial score (nSPS) is 15.1. The molecule has 1 aromatic carbocycles. The summed E-state index contributed by atoms with van der Waals surface area (Å²) in [7, 11) is 1.61. The molecule has 0 saturated carbocycles. The van der Waals surface area contributed by atoms with Crippen molar-refractivity contribution in [2.24, 2.45) is 0 Å². The van der Waals surface area contributed by atoms with Crippen LogP contribution in [0.1, 0.15) is 5.56 Å². The summed E-state index contributed by atoms with van der Waals surface area (Å²) in [6.07, 6.45) is 0. The van der Waals surface area contributed by atoms with Crippen LogP contribution in [0.4, 0.5) is 0 Å². The van der Waals surface area contributed by atoms with Crippen molar-refractivity contribution in [2.45, 2.75) is 4.90 Å². The van der Waals surface area contributed by atoms with E-state index in [0.717, 1.165) is 4.90 Å². The third-order valence-electron chi connectivity index (χ3n) is 2.12. The zero-order valence-corrected chi connectivity index (χ0v) is 8.78. The van der Waals surface area contributed by atoms with E-state index in [4.69, 9.17) is 5.11 Å². The van der Waals surface area contributed by atoms with E-state index in [9.17, 15) is 9.90 Å². The van der Waals surface area contributed by atoms with Crippen molar-refractivity contribution in [1.82, 2.24) is 4.31 Å². The predicted molar refractivity (Wildman–Crippen MR) is 57.2 cm³/mol. The van der Waals surface area contributed by atoms with Gasteiger partial charge in [-0.15, -0.1) is 0 Å². The summed E-state index contributed by atoms with van der Waals surface area (Å²) in [6, 6.07) is 7.15. The topological polar surface area (TPSA) is 60.8 Å². The first-order valence-corrected chi connectivity index (χ1v) is 5.06. The van der Waals surface area contributed by atoms with Crippen LogP contribution in [0.15, 0.2) is 34.9 Å². The average molecular weight is 223 g/mol. The van der Waals surface area contributed by atoms with Crippen LogP contribution in [0.2, 0.25) is 0 Å². The first kappa shape index (κ1) is 9.92. The second-order valence-corrected chi connectivity index (χ2v) is 4.26. The molecule has 4 nitrogen and oxygen atoms in total. The van der Waals surface area contributed by atoms with Gasteiger partial charge in [-0.3, -0.25) is 0 Å². The lowest BCUT2D eigenvalue weighted by atomic mass is 10.1. The number of carboxylic acids is 1. The molecule has 5 heteroatoms. The minimum absolute atomic E-state index is 0.0845. The number of benzene rings is 1. The number of hydrogen-bond donors (Lipinski definition) is 2. The van der Waals surface area contributed by atoms with Gasteiger partial charge in [0.15, 0.2) is 11.5 Å². The van der Waals surface area contributed by atoms with Crippen molar-refractivity contribution in [3.05, 3.63) is 35.5 Å². The molecular formula is C10H9NO3S. The van der Waals surface area contributed by atoms with E-state index in [0.29, 0.717) is 5.56 Å². The van der Waals surface area contributed by atoms with E-state index >= 15 is 0 Å². The van der Waals surface area contributed by atoms with E-state index in [1.165, 1.54) is 16.3 Å². The number of carbonyl (C=O) groups is 1. The van der Waals surface area contributed by atoms with Gasteiger partial charge in [-0.1, -0.05) is 12.1 Å². The van der Waals surface area contributed by atoms with Crippen LogP contribution >= 0.6 is 11.9 Å². The zero-order chi connectivity index (χ0) is 11.0. The van der Waals surface area contributed by atoms with Crippen LogP contribution in [0, 0.1) is 0 Å². The van der Waals surface area contributed by atoms with Gasteiger partial charge < -0.3 is 14.5 Å². The molecule has 1 aliphatic rings. The molecule has 2 rings (SSSR count). The molecule has 0 atom stereocenters. The Bertz CT molecular complexity index is 456. The number of aliphatic carboxylic acids is 1. The highest BCUT2D eigenvalue weighted by atomic mass is 32.2. The van der Waals surface area contributed by atoms with Crippen molar-refractivity contribution < 1.29 is 15.0 Å². The first-order valence-electron chi connectivity index (χ1n) is 4.29. The monoisotopic (exact) mass is 223 g/mol. The van der Waals surface area contributed by atoms with E-state index in [1.807, 2.05) is 12.1 Å². The maximum Gasteiger partial charge on any atom is 0.356 e. The molecule has 1 heterocycles. The van der Waals surface area contributed by atoms with E-state index in [1.54, 1.807) is 19.2 Å². The summed E-state index contributed by atoms with van der Waals surface area (Å²) in [5, 5.41) is 18.7. The summed E-state index contributed by atoms with van der Waals surface area (Å²) in [6.45, 7) is 0. The smallest absolute Gasteiger partial charge is 0.356 e. The van der Waals surface area contributed by atoms with Crippen LogP contribution in [-0.2, 0) is 4.79 Å². The van der Waals surface area contributed by atoms with E-state index < -0.39 is 5.97 Å². The van der Waals surface area contributed by atoms with E-state index in [-0.39, 0.29) is 11.5 Å². The SMILES string of the molecule is CN1Sc2ccccc2C(O)=C1C(=O)O. The second-order valence-electron chi connectivity index (χ2n) is 3.09. The Morgan fingerprint density at radius 1 is 1.40 bits per heavy atom. The maximum absolute atomic E-state index is 10.9. The Hall–Kier alpha value is -1.62. The number of fused-ring (bicyclic) bond motifs is 1. The molecule has 0 unspecified atom stereocenters. The third kappa shape index (κ3) is 1.55. The predicted octanol–water partition coefficient (Wildman–Crippen LogP) is 1.95. The van der Waals surface area contributed by atoms with Gasteiger partial charge in [0, 0.05) is 17.5 Å². The van der Waals surface area contributed by atoms with Gasteiger partial charge in [-0.2, -0.15) is 0 Å². The molecule has 1 aromatic rings. The average Bonchev–Trinajstić information content (AvgIpc) is 2.17. The van der Waals surface area contributed by atoms with Gasteiger partial charge in [-0.05, 0) is 24.1 Å². The van der Waals surface area contributed by atoms with Crippen molar-refractivity contribution in [3.63, 3.8) is 0 Å². The number of aliphatic hydroxyl groups excluding tert-OH is 1. The molecular weight excluding hydrogens is 214 g/mol. The molecule has 0 fully saturated rings. The van der Waals surface area contributed by atoms with Gasteiger partial charge in [0.2, 0.25) is 0 Å². The summed E-state index contributed by atoms with van der Waals surface area (Å²) in [5.74, 6) is -1.31. The lowest BCUT2D eigenvalue weighted by Gasteiger charge is -2.25. The molecule has 0 saturated heterocycles. The van der Waals surface area contributed by atoms with E-state index in [2.05, 4.69) is 0 Å². The quantitative estimate of drug-likeness (QED) is 0.712. The van der Waals surface area contributed by atoms with Crippen molar-refractivity contribution in [2.75, 3.05) is 7.05 Å². The number of carboxylic acid groups (broad SMARTS) is 1. The maximum atomic E-state index is 10.9. The summed E-state index contributed by atoms with van der Waals surface area (Å²) in [4.78, 5) is 11.8. The van der Waals surface area contributed by atoms with Crippen LogP contribution in [-0.4, -0.2) is 27.5 Å². The Kier molecular flexibility index (Phi) is 2.32. The van der Waals surface area contributed by atoms with Crippen LogP contribution in [0.3, 0.4) is 0 Å². The summed E-state index contributed by atoms with van der Waals surface area (Å²) in [5.41, 5.74) is 0.483. The van der Waals surface area contributed by atoms with Gasteiger partial charge in [-0.25, -0.2) is 4.79 Å². The summed E-state index contributed by atoms with van der Waals surface area (Å²) >= 11 is 1.29. The number of rotatable bonds is 1. The molecule has 0 aromatic heterocycles. The molecule has 0 spiro atoms. The Morgan fingerprint density at radius 2 is 2.07 bits per heavy atom. The molecule has 0 amide bonds. The highest BCUT2D eigenvalue weighted by Crippen LogP contribution is 2.38. The van der Waals surface area contributed by atoms with Crippen molar-refractivity contribution >= 4 is 23.7 Å². The largest absolute Gasteiger partial charge is 0.505 e.